The smallest absolute Gasteiger partial charge is 0.322 e. The van der Waals surface area contributed by atoms with Gasteiger partial charge in [0.15, 0.2) is 0 Å². The summed E-state index contributed by atoms with van der Waals surface area (Å²) in [5, 5.41) is 10.3. The van der Waals surface area contributed by atoms with Gasteiger partial charge in [-0.1, -0.05) is 27.1 Å². The van der Waals surface area contributed by atoms with E-state index in [1.165, 1.54) is 42.8 Å². The Morgan fingerprint density at radius 2 is 1.73 bits per heavy atom. The number of halogens is 1. The predicted octanol–water partition coefficient (Wildman–Crippen LogP) is 3.03. The summed E-state index contributed by atoms with van der Waals surface area (Å²) in [6.07, 6.45) is 0. The molecule has 2 aromatic carbocycles. The molecule has 0 atom stereocenters. The van der Waals surface area contributed by atoms with Gasteiger partial charge in [-0.2, -0.15) is 4.31 Å². The third-order valence-electron chi connectivity index (χ3n) is 4.56. The number of ether oxygens (including phenoxy) is 2. The fraction of sp³-hybridized carbons (Fsp3) is 0.286. The second-order valence-corrected chi connectivity index (χ2v) is 9.64. The van der Waals surface area contributed by atoms with Crippen LogP contribution < -0.4 is 5.32 Å². The van der Waals surface area contributed by atoms with E-state index in [4.69, 9.17) is 13.9 Å². The van der Waals surface area contributed by atoms with Gasteiger partial charge in [-0.25, -0.2) is 8.42 Å². The maximum Gasteiger partial charge on any atom is 0.322 e. The standard InChI is InChI=1S/C21H23BrN4O6S/c1-30-12-10-26(11-13-31-2)33(28,29)18-8-6-15(7-9-18)19(27)23-21-25-24-20(32-21)16-4-3-5-17(22)14-16/h3-9,14H,10-13H2,1-2H3,(H,23,25,27). The average molecular weight is 539 g/mol. The molecule has 0 unspecified atom stereocenters. The molecule has 1 heterocycles. The van der Waals surface area contributed by atoms with Crippen LogP contribution in [0.25, 0.3) is 11.5 Å². The third kappa shape index (κ3) is 6.45. The summed E-state index contributed by atoms with van der Waals surface area (Å²) in [7, 11) is -0.781. The maximum atomic E-state index is 13.0. The van der Waals surface area contributed by atoms with Crippen molar-refractivity contribution in [2.45, 2.75) is 4.90 Å². The molecule has 0 saturated carbocycles. The van der Waals surface area contributed by atoms with Gasteiger partial charge < -0.3 is 13.9 Å². The molecule has 3 aromatic rings. The molecule has 0 aliphatic heterocycles. The van der Waals surface area contributed by atoms with E-state index in [0.29, 0.717) is 5.56 Å². The monoisotopic (exact) mass is 538 g/mol. The van der Waals surface area contributed by atoms with Gasteiger partial charge in [-0.15, -0.1) is 5.10 Å². The molecule has 1 aromatic heterocycles. The summed E-state index contributed by atoms with van der Waals surface area (Å²) >= 11 is 3.37. The van der Waals surface area contributed by atoms with E-state index in [9.17, 15) is 13.2 Å². The molecule has 12 heteroatoms. The number of benzene rings is 2. The second-order valence-electron chi connectivity index (χ2n) is 6.79. The van der Waals surface area contributed by atoms with E-state index in [0.717, 1.165) is 4.47 Å². The number of carbonyl (C=O) groups excluding carboxylic acids is 1. The number of hydrogen-bond donors (Lipinski definition) is 1. The molecule has 3 rings (SSSR count). The van der Waals surface area contributed by atoms with Crippen molar-refractivity contribution in [2.24, 2.45) is 0 Å². The lowest BCUT2D eigenvalue weighted by Gasteiger charge is -2.21. The van der Waals surface area contributed by atoms with Crippen LogP contribution in [-0.2, 0) is 19.5 Å². The molecule has 0 radical (unpaired) electrons. The molecular weight excluding hydrogens is 516 g/mol. The fourth-order valence-electron chi connectivity index (χ4n) is 2.85. The molecule has 176 valence electrons. The van der Waals surface area contributed by atoms with Crippen molar-refractivity contribution in [1.29, 1.82) is 0 Å². The van der Waals surface area contributed by atoms with E-state index < -0.39 is 15.9 Å². The lowest BCUT2D eigenvalue weighted by atomic mass is 10.2. The van der Waals surface area contributed by atoms with Crippen molar-refractivity contribution in [3.8, 4) is 11.5 Å². The van der Waals surface area contributed by atoms with E-state index in [-0.39, 0.29) is 48.7 Å². The highest BCUT2D eigenvalue weighted by Crippen LogP contribution is 2.23. The minimum atomic E-state index is -3.78. The number of amides is 1. The van der Waals surface area contributed by atoms with Crippen molar-refractivity contribution in [3.63, 3.8) is 0 Å². The average Bonchev–Trinajstić information content (AvgIpc) is 3.27. The van der Waals surface area contributed by atoms with Crippen molar-refractivity contribution >= 4 is 37.9 Å². The highest BCUT2D eigenvalue weighted by molar-refractivity contribution is 9.10. The van der Waals surface area contributed by atoms with Gasteiger partial charge in [0.05, 0.1) is 18.1 Å². The number of nitrogens with one attached hydrogen (secondary N) is 1. The predicted molar refractivity (Wildman–Crippen MR) is 124 cm³/mol. The lowest BCUT2D eigenvalue weighted by molar-refractivity contribution is 0.102. The van der Waals surface area contributed by atoms with Crippen molar-refractivity contribution in [3.05, 3.63) is 58.6 Å². The molecule has 0 saturated heterocycles. The van der Waals surface area contributed by atoms with Crippen LogP contribution in [0.4, 0.5) is 6.01 Å². The van der Waals surface area contributed by atoms with Crippen molar-refractivity contribution in [1.82, 2.24) is 14.5 Å². The summed E-state index contributed by atoms with van der Waals surface area (Å²) in [6, 6.07) is 12.8. The van der Waals surface area contributed by atoms with Crippen LogP contribution in [0.5, 0.6) is 0 Å². The number of sulfonamides is 1. The number of carbonyl (C=O) groups is 1. The first-order chi connectivity index (χ1) is 15.8. The van der Waals surface area contributed by atoms with Gasteiger partial charge >= 0.3 is 6.01 Å². The molecule has 0 spiro atoms. The van der Waals surface area contributed by atoms with Gasteiger partial charge in [-0.3, -0.25) is 10.1 Å². The van der Waals surface area contributed by atoms with E-state index in [1.807, 2.05) is 12.1 Å². The molecule has 33 heavy (non-hydrogen) atoms. The van der Waals surface area contributed by atoms with Crippen LogP contribution in [0.3, 0.4) is 0 Å². The van der Waals surface area contributed by atoms with Gasteiger partial charge in [-0.05, 0) is 42.5 Å². The Labute approximate surface area is 200 Å². The van der Waals surface area contributed by atoms with Gasteiger partial charge in [0.25, 0.3) is 5.91 Å². The molecule has 0 aliphatic carbocycles. The SMILES string of the molecule is COCCN(CCOC)S(=O)(=O)c1ccc(C(=O)Nc2nnc(-c3cccc(Br)c3)o2)cc1. The topological polar surface area (TPSA) is 124 Å². The zero-order valence-corrected chi connectivity index (χ0v) is 20.4. The highest BCUT2D eigenvalue weighted by atomic mass is 79.9. The van der Waals surface area contributed by atoms with Crippen LogP contribution in [0.15, 0.2) is 62.3 Å². The molecular formula is C21H23BrN4O6S. The summed E-state index contributed by atoms with van der Waals surface area (Å²) in [5.41, 5.74) is 0.926. The quantitative estimate of drug-likeness (QED) is 0.395. The first-order valence-electron chi connectivity index (χ1n) is 9.84. The number of nitrogens with zero attached hydrogens (tertiary/aromatic N) is 3. The summed E-state index contributed by atoms with van der Waals surface area (Å²) in [4.78, 5) is 12.6. The Hall–Kier alpha value is -2.64. The minimum absolute atomic E-state index is 0.0565. The van der Waals surface area contributed by atoms with E-state index >= 15 is 0 Å². The van der Waals surface area contributed by atoms with Crippen molar-refractivity contribution < 1.29 is 27.1 Å². The third-order valence-corrected chi connectivity index (χ3v) is 6.97. The van der Waals surface area contributed by atoms with E-state index in [1.54, 1.807) is 12.1 Å². The van der Waals surface area contributed by atoms with Gasteiger partial charge in [0, 0.05) is 42.9 Å². The second kappa shape index (κ2) is 11.5. The van der Waals surface area contributed by atoms with Crippen LogP contribution in [0.1, 0.15) is 10.4 Å². The van der Waals surface area contributed by atoms with Gasteiger partial charge in [0.2, 0.25) is 15.9 Å². The lowest BCUT2D eigenvalue weighted by Crippen LogP contribution is -2.36. The summed E-state index contributed by atoms with van der Waals surface area (Å²) in [6.45, 7) is 0.856. The Morgan fingerprint density at radius 1 is 1.06 bits per heavy atom. The first-order valence-corrected chi connectivity index (χ1v) is 12.1. The van der Waals surface area contributed by atoms with Crippen molar-refractivity contribution in [2.75, 3.05) is 45.8 Å². The largest absolute Gasteiger partial charge is 0.403 e. The minimum Gasteiger partial charge on any atom is -0.403 e. The van der Waals surface area contributed by atoms with E-state index in [2.05, 4.69) is 31.4 Å². The van der Waals surface area contributed by atoms with Crippen LogP contribution >= 0.6 is 15.9 Å². The zero-order chi connectivity index (χ0) is 23.8. The first kappa shape index (κ1) is 25.0. The fourth-order valence-corrected chi connectivity index (χ4v) is 4.65. The summed E-state index contributed by atoms with van der Waals surface area (Å²) < 4.78 is 43.5. The molecule has 1 amide bonds. The zero-order valence-electron chi connectivity index (χ0n) is 18.0. The molecule has 0 aliphatic rings. The Morgan fingerprint density at radius 3 is 2.33 bits per heavy atom. The van der Waals surface area contributed by atoms with Crippen LogP contribution in [0, 0.1) is 0 Å². The number of anilines is 1. The van der Waals surface area contributed by atoms with Gasteiger partial charge in [0.1, 0.15) is 0 Å². The maximum absolute atomic E-state index is 13.0. The number of hydrogen-bond acceptors (Lipinski definition) is 8. The summed E-state index contributed by atoms with van der Waals surface area (Å²) in [5.74, 6) is -0.265. The normalized spacial score (nSPS) is 11.6. The Kier molecular flexibility index (Phi) is 8.69. The molecule has 0 bridgehead atoms. The number of rotatable bonds is 11. The number of methoxy groups -OCH3 is 2. The highest BCUT2D eigenvalue weighted by Gasteiger charge is 2.24. The Bertz CT molecular complexity index is 1180. The molecule has 1 N–H and O–H groups in total. The molecule has 0 fully saturated rings. The van der Waals surface area contributed by atoms with Crippen LogP contribution in [0.2, 0.25) is 0 Å². The number of aromatic nitrogens is 2. The molecule has 10 nitrogen and oxygen atoms in total. The van der Waals surface area contributed by atoms with Crippen LogP contribution in [-0.4, -0.2) is 69.4 Å². The Balaban J connectivity index is 1.71.